The van der Waals surface area contributed by atoms with Crippen molar-refractivity contribution < 1.29 is 9.53 Å². The monoisotopic (exact) mass is 377 g/mol. The first kappa shape index (κ1) is 19.3. The second kappa shape index (κ2) is 9.48. The number of nitrogens with zero attached hydrogens (tertiary/aromatic N) is 3. The molecule has 0 fully saturated rings. The van der Waals surface area contributed by atoms with E-state index in [1.165, 1.54) is 0 Å². The molecule has 2 N–H and O–H groups in total. The van der Waals surface area contributed by atoms with E-state index in [4.69, 9.17) is 4.74 Å². The van der Waals surface area contributed by atoms with Crippen LogP contribution in [-0.4, -0.2) is 48.0 Å². The van der Waals surface area contributed by atoms with Gasteiger partial charge in [0.15, 0.2) is 0 Å². The fraction of sp³-hybridized carbons (Fsp3) is 0.190. The minimum Gasteiger partial charge on any atom is -0.457 e. The van der Waals surface area contributed by atoms with Gasteiger partial charge in [0.1, 0.15) is 17.2 Å². The van der Waals surface area contributed by atoms with Crippen molar-refractivity contribution in [3.63, 3.8) is 0 Å². The van der Waals surface area contributed by atoms with Crippen LogP contribution in [0, 0.1) is 0 Å². The molecule has 7 nitrogen and oxygen atoms in total. The molecule has 0 saturated carbocycles. The number of para-hydroxylation sites is 1. The normalized spacial score (nSPS) is 10.5. The molecule has 1 heterocycles. The van der Waals surface area contributed by atoms with Gasteiger partial charge in [0.2, 0.25) is 5.95 Å². The van der Waals surface area contributed by atoms with Crippen molar-refractivity contribution >= 4 is 17.5 Å². The van der Waals surface area contributed by atoms with E-state index in [0.29, 0.717) is 29.6 Å². The number of nitrogens with one attached hydrogen (secondary N) is 2. The van der Waals surface area contributed by atoms with Crippen LogP contribution >= 0.6 is 0 Å². The molecule has 0 spiro atoms. The van der Waals surface area contributed by atoms with Crippen LogP contribution in [0.3, 0.4) is 0 Å². The average molecular weight is 377 g/mol. The van der Waals surface area contributed by atoms with Crippen molar-refractivity contribution in [1.29, 1.82) is 0 Å². The predicted octanol–water partition coefficient (Wildman–Crippen LogP) is 3.49. The number of carbonyl (C=O) groups excluding carboxylic acids is 1. The molecule has 0 saturated heterocycles. The fourth-order valence-corrected chi connectivity index (χ4v) is 2.39. The Labute approximate surface area is 164 Å². The molecule has 0 aliphatic rings. The van der Waals surface area contributed by atoms with E-state index < -0.39 is 0 Å². The third-order valence-corrected chi connectivity index (χ3v) is 3.82. The molecule has 7 heteroatoms. The molecule has 0 atom stereocenters. The standard InChI is InChI=1S/C21H23N5O2/c1-26(2)15-14-23-21-22-13-12-19(25-21)20(27)24-16-8-10-18(11-9-16)28-17-6-4-3-5-7-17/h3-13H,14-15H2,1-2H3,(H,24,27)(H,22,23,25). The highest BCUT2D eigenvalue weighted by atomic mass is 16.5. The zero-order chi connectivity index (χ0) is 19.8. The summed E-state index contributed by atoms with van der Waals surface area (Å²) < 4.78 is 5.75. The van der Waals surface area contributed by atoms with Gasteiger partial charge in [-0.05, 0) is 56.6 Å². The van der Waals surface area contributed by atoms with E-state index in [9.17, 15) is 4.79 Å². The number of carbonyl (C=O) groups is 1. The fourth-order valence-electron chi connectivity index (χ4n) is 2.39. The van der Waals surface area contributed by atoms with Crippen LogP contribution in [-0.2, 0) is 0 Å². The van der Waals surface area contributed by atoms with Crippen LogP contribution in [0.25, 0.3) is 0 Å². The molecule has 0 aliphatic heterocycles. The Kier molecular flexibility index (Phi) is 6.54. The van der Waals surface area contributed by atoms with Gasteiger partial charge in [-0.3, -0.25) is 4.79 Å². The molecule has 2 aromatic carbocycles. The number of rotatable bonds is 8. The topological polar surface area (TPSA) is 79.4 Å². The summed E-state index contributed by atoms with van der Waals surface area (Å²) >= 11 is 0. The molecule has 0 unspecified atom stereocenters. The summed E-state index contributed by atoms with van der Waals surface area (Å²) in [6.45, 7) is 1.54. The van der Waals surface area contributed by atoms with Gasteiger partial charge < -0.3 is 20.3 Å². The van der Waals surface area contributed by atoms with Crippen LogP contribution in [0.5, 0.6) is 11.5 Å². The number of benzene rings is 2. The lowest BCUT2D eigenvalue weighted by Gasteiger charge is -2.11. The minimum atomic E-state index is -0.296. The molecule has 144 valence electrons. The summed E-state index contributed by atoms with van der Waals surface area (Å²) in [4.78, 5) is 22.9. The van der Waals surface area contributed by atoms with E-state index in [1.54, 1.807) is 36.5 Å². The Morgan fingerprint density at radius 2 is 1.71 bits per heavy atom. The number of amides is 1. The first-order valence-electron chi connectivity index (χ1n) is 8.96. The van der Waals surface area contributed by atoms with Gasteiger partial charge >= 0.3 is 0 Å². The summed E-state index contributed by atoms with van der Waals surface area (Å²) in [6, 6.07) is 18.3. The zero-order valence-electron chi connectivity index (χ0n) is 15.9. The van der Waals surface area contributed by atoms with Gasteiger partial charge in [-0.25, -0.2) is 9.97 Å². The van der Waals surface area contributed by atoms with Crippen LogP contribution in [0.2, 0.25) is 0 Å². The number of likely N-dealkylation sites (N-methyl/N-ethyl adjacent to an activating group) is 1. The van der Waals surface area contributed by atoms with Gasteiger partial charge in [0, 0.05) is 25.0 Å². The maximum atomic E-state index is 12.5. The van der Waals surface area contributed by atoms with E-state index in [1.807, 2.05) is 44.4 Å². The molecular weight excluding hydrogens is 354 g/mol. The number of aromatic nitrogens is 2. The summed E-state index contributed by atoms with van der Waals surface area (Å²) in [6.07, 6.45) is 1.57. The van der Waals surface area contributed by atoms with Crippen molar-refractivity contribution in [2.24, 2.45) is 0 Å². The Morgan fingerprint density at radius 3 is 2.43 bits per heavy atom. The van der Waals surface area contributed by atoms with E-state index in [-0.39, 0.29) is 5.91 Å². The largest absolute Gasteiger partial charge is 0.457 e. The number of hydrogen-bond acceptors (Lipinski definition) is 6. The molecule has 3 aromatic rings. The highest BCUT2D eigenvalue weighted by Crippen LogP contribution is 2.22. The molecule has 1 amide bonds. The molecule has 1 aromatic heterocycles. The van der Waals surface area contributed by atoms with Gasteiger partial charge in [-0.1, -0.05) is 18.2 Å². The summed E-state index contributed by atoms with van der Waals surface area (Å²) in [7, 11) is 3.98. The summed E-state index contributed by atoms with van der Waals surface area (Å²) in [5.41, 5.74) is 0.957. The first-order chi connectivity index (χ1) is 13.6. The van der Waals surface area contributed by atoms with Gasteiger partial charge in [-0.2, -0.15) is 0 Å². The maximum Gasteiger partial charge on any atom is 0.274 e. The highest BCUT2D eigenvalue weighted by molar-refractivity contribution is 6.02. The van der Waals surface area contributed by atoms with Crippen LogP contribution in [0.1, 0.15) is 10.5 Å². The number of hydrogen-bond donors (Lipinski definition) is 2. The molecule has 28 heavy (non-hydrogen) atoms. The molecular formula is C21H23N5O2. The summed E-state index contributed by atoms with van der Waals surface area (Å²) in [5.74, 6) is 1.59. The lowest BCUT2D eigenvalue weighted by atomic mass is 10.3. The van der Waals surface area contributed by atoms with Crippen LogP contribution < -0.4 is 15.4 Å². The molecule has 0 radical (unpaired) electrons. The van der Waals surface area contributed by atoms with Crippen molar-refractivity contribution in [3.05, 3.63) is 72.6 Å². The third kappa shape index (κ3) is 5.78. The van der Waals surface area contributed by atoms with E-state index in [2.05, 4.69) is 25.5 Å². The zero-order valence-corrected chi connectivity index (χ0v) is 15.9. The second-order valence-electron chi connectivity index (χ2n) is 6.39. The van der Waals surface area contributed by atoms with Crippen molar-refractivity contribution in [2.45, 2.75) is 0 Å². The van der Waals surface area contributed by atoms with Gasteiger partial charge in [0.05, 0.1) is 0 Å². The lowest BCUT2D eigenvalue weighted by molar-refractivity contribution is 0.102. The highest BCUT2D eigenvalue weighted by Gasteiger charge is 2.09. The Bertz CT molecular complexity index is 898. The Morgan fingerprint density at radius 1 is 1.00 bits per heavy atom. The maximum absolute atomic E-state index is 12.5. The molecule has 3 rings (SSSR count). The average Bonchev–Trinajstić information content (AvgIpc) is 2.70. The Hall–Kier alpha value is -3.45. The van der Waals surface area contributed by atoms with Gasteiger partial charge in [-0.15, -0.1) is 0 Å². The third-order valence-electron chi connectivity index (χ3n) is 3.82. The summed E-state index contributed by atoms with van der Waals surface area (Å²) in [5, 5.41) is 5.94. The van der Waals surface area contributed by atoms with Crippen molar-refractivity contribution in [3.8, 4) is 11.5 Å². The first-order valence-corrected chi connectivity index (χ1v) is 8.96. The Balaban J connectivity index is 1.58. The molecule has 0 bridgehead atoms. The number of ether oxygens (including phenoxy) is 1. The molecule has 0 aliphatic carbocycles. The van der Waals surface area contributed by atoms with E-state index >= 15 is 0 Å². The van der Waals surface area contributed by atoms with Crippen LogP contribution in [0.4, 0.5) is 11.6 Å². The quantitative estimate of drug-likeness (QED) is 0.626. The number of anilines is 2. The minimum absolute atomic E-state index is 0.296. The lowest BCUT2D eigenvalue weighted by Crippen LogP contribution is -2.22. The smallest absolute Gasteiger partial charge is 0.274 e. The SMILES string of the molecule is CN(C)CCNc1nccc(C(=O)Nc2ccc(Oc3ccccc3)cc2)n1. The van der Waals surface area contributed by atoms with Crippen LogP contribution in [0.15, 0.2) is 66.9 Å². The van der Waals surface area contributed by atoms with E-state index in [0.717, 1.165) is 12.3 Å². The van der Waals surface area contributed by atoms with Crippen molar-refractivity contribution in [2.75, 3.05) is 37.8 Å². The second-order valence-corrected chi connectivity index (χ2v) is 6.39. The van der Waals surface area contributed by atoms with Crippen molar-refractivity contribution in [1.82, 2.24) is 14.9 Å². The van der Waals surface area contributed by atoms with Gasteiger partial charge in [0.25, 0.3) is 5.91 Å². The predicted molar refractivity (Wildman–Crippen MR) is 110 cm³/mol.